The second-order valence-electron chi connectivity index (χ2n) is 6.94. The number of aliphatic carboxylic acids is 4. The van der Waals surface area contributed by atoms with Gasteiger partial charge >= 0.3 is 23.9 Å². The minimum absolute atomic E-state index is 0.00187. The molecule has 0 aromatic rings. The van der Waals surface area contributed by atoms with Gasteiger partial charge in [-0.25, -0.2) is 0 Å². The van der Waals surface area contributed by atoms with Crippen molar-refractivity contribution in [1.29, 1.82) is 0 Å². The van der Waals surface area contributed by atoms with Crippen molar-refractivity contribution in [3.8, 4) is 0 Å². The smallest absolute Gasteiger partial charge is 0.322 e. The maximum Gasteiger partial charge on any atom is 0.322 e. The van der Waals surface area contributed by atoms with Gasteiger partial charge < -0.3 is 36.8 Å². The molecule has 0 heterocycles. The van der Waals surface area contributed by atoms with Crippen molar-refractivity contribution in [3.05, 3.63) is 0 Å². The van der Waals surface area contributed by atoms with Crippen molar-refractivity contribution in [1.82, 2.24) is 10.6 Å². The molecule has 0 aliphatic rings. The van der Waals surface area contributed by atoms with Crippen LogP contribution in [0.25, 0.3) is 0 Å². The van der Waals surface area contributed by atoms with Crippen LogP contribution in [0.4, 0.5) is 0 Å². The van der Waals surface area contributed by atoms with Gasteiger partial charge in [-0.3, -0.25) is 28.8 Å². The van der Waals surface area contributed by atoms with Crippen LogP contribution in [0.5, 0.6) is 0 Å². The molecule has 0 radical (unpaired) electrons. The molecule has 0 fully saturated rings. The fourth-order valence-corrected chi connectivity index (χ4v) is 4.36. The molecule has 8 N–H and O–H groups in total. The van der Waals surface area contributed by atoms with E-state index in [1.165, 1.54) is 13.8 Å². The van der Waals surface area contributed by atoms with E-state index in [2.05, 4.69) is 10.6 Å². The number of amides is 2. The summed E-state index contributed by atoms with van der Waals surface area (Å²) in [5.41, 5.74) is 3.70. The van der Waals surface area contributed by atoms with Crippen molar-refractivity contribution < 1.29 is 49.2 Å². The molecular weight excluding hydrogens is 450 g/mol. The lowest BCUT2D eigenvalue weighted by molar-refractivity contribution is -0.155. The van der Waals surface area contributed by atoms with Crippen molar-refractivity contribution >= 4 is 47.5 Å². The van der Waals surface area contributed by atoms with Crippen LogP contribution >= 0.6 is 11.8 Å². The summed E-state index contributed by atoms with van der Waals surface area (Å²) >= 11 is 0.634. The Bertz CT molecular complexity index is 726. The van der Waals surface area contributed by atoms with Gasteiger partial charge in [0.1, 0.15) is 23.9 Å². The Hall–Kier alpha value is -2.87. The van der Waals surface area contributed by atoms with Gasteiger partial charge in [0.05, 0.1) is 5.41 Å². The van der Waals surface area contributed by atoms with Crippen LogP contribution in [-0.2, 0) is 28.8 Å². The Kier molecular flexibility index (Phi) is 12.3. The van der Waals surface area contributed by atoms with Crippen molar-refractivity contribution in [3.63, 3.8) is 0 Å². The molecule has 0 aromatic heterocycles. The summed E-state index contributed by atoms with van der Waals surface area (Å²) in [7, 11) is 0. The van der Waals surface area contributed by atoms with Crippen molar-refractivity contribution in [2.75, 3.05) is 12.3 Å². The van der Waals surface area contributed by atoms with E-state index >= 15 is 0 Å². The number of carbonyl (C=O) groups excluding carboxylic acids is 2. The second kappa shape index (κ2) is 13.5. The van der Waals surface area contributed by atoms with E-state index in [1.807, 2.05) is 0 Å². The largest absolute Gasteiger partial charge is 0.481 e. The number of nitrogens with two attached hydrogens (primary N) is 1. The lowest BCUT2D eigenvalue weighted by Crippen LogP contribution is -2.51. The minimum atomic E-state index is -1.63. The monoisotopic (exact) mass is 479 g/mol. The van der Waals surface area contributed by atoms with Gasteiger partial charge in [0.2, 0.25) is 11.8 Å². The molecule has 182 valence electrons. The number of rotatable bonds is 16. The topological polar surface area (TPSA) is 233 Å². The summed E-state index contributed by atoms with van der Waals surface area (Å²) in [5, 5.41) is 39.6. The number of nitrogens with one attached hydrogen (secondary N) is 2. The molecule has 0 spiro atoms. The second-order valence-corrected chi connectivity index (χ2v) is 8.07. The maximum atomic E-state index is 12.3. The normalized spacial score (nSPS) is 14.0. The molecule has 3 unspecified atom stereocenters. The zero-order valence-corrected chi connectivity index (χ0v) is 18.5. The molecule has 0 aromatic carbocycles. The average molecular weight is 480 g/mol. The van der Waals surface area contributed by atoms with E-state index in [4.69, 9.17) is 15.9 Å². The first kappa shape index (κ1) is 29.1. The highest BCUT2D eigenvalue weighted by molar-refractivity contribution is 8.00. The Balaban J connectivity index is 5.52. The molecule has 13 nitrogen and oxygen atoms in total. The van der Waals surface area contributed by atoms with Crippen LogP contribution in [0.3, 0.4) is 0 Å². The SMILES string of the molecule is CCC(CC)(C(=O)O)C(SCC(NC(=O)CCC(N)C(=O)O)C(=O)NCC(=O)O)C(=O)O. The van der Waals surface area contributed by atoms with Crippen LogP contribution in [0.15, 0.2) is 0 Å². The van der Waals surface area contributed by atoms with Gasteiger partial charge in [-0.1, -0.05) is 13.8 Å². The molecule has 0 saturated heterocycles. The number of carboxylic acids is 4. The third kappa shape index (κ3) is 8.70. The zero-order chi connectivity index (χ0) is 25.1. The highest BCUT2D eigenvalue weighted by atomic mass is 32.2. The van der Waals surface area contributed by atoms with Crippen LogP contribution in [0.2, 0.25) is 0 Å². The van der Waals surface area contributed by atoms with Gasteiger partial charge in [-0.2, -0.15) is 0 Å². The van der Waals surface area contributed by atoms with Crippen LogP contribution < -0.4 is 16.4 Å². The fourth-order valence-electron chi connectivity index (χ4n) is 2.84. The molecule has 0 aliphatic carbocycles. The number of hydrogen-bond donors (Lipinski definition) is 7. The molecule has 0 saturated carbocycles. The third-order valence-electron chi connectivity index (χ3n) is 4.91. The summed E-state index contributed by atoms with van der Waals surface area (Å²) in [6.07, 6.45) is -0.592. The molecular formula is C18H29N3O10S. The molecule has 2 amide bonds. The fraction of sp³-hybridized carbons (Fsp3) is 0.667. The first-order chi connectivity index (χ1) is 14.8. The predicted octanol–water partition coefficient (Wildman–Crippen LogP) is -1.06. The van der Waals surface area contributed by atoms with Gasteiger partial charge in [-0.05, 0) is 19.3 Å². The minimum Gasteiger partial charge on any atom is -0.481 e. The Morgan fingerprint density at radius 2 is 1.53 bits per heavy atom. The Morgan fingerprint density at radius 1 is 0.969 bits per heavy atom. The number of carbonyl (C=O) groups is 6. The molecule has 0 rings (SSSR count). The number of carboxylic acid groups (broad SMARTS) is 4. The highest BCUT2D eigenvalue weighted by Gasteiger charge is 2.47. The van der Waals surface area contributed by atoms with Gasteiger partial charge in [0, 0.05) is 12.2 Å². The number of hydrogen-bond acceptors (Lipinski definition) is 8. The number of thioether (sulfide) groups is 1. The van der Waals surface area contributed by atoms with E-state index in [-0.39, 0.29) is 31.4 Å². The van der Waals surface area contributed by atoms with Crippen LogP contribution in [-0.4, -0.2) is 85.7 Å². The van der Waals surface area contributed by atoms with E-state index in [0.717, 1.165) is 0 Å². The lowest BCUT2D eigenvalue weighted by atomic mass is 9.79. The third-order valence-corrected chi connectivity index (χ3v) is 6.42. The molecule has 32 heavy (non-hydrogen) atoms. The first-order valence-electron chi connectivity index (χ1n) is 9.67. The molecule has 14 heteroatoms. The van der Waals surface area contributed by atoms with E-state index in [1.54, 1.807) is 0 Å². The maximum absolute atomic E-state index is 12.3. The Morgan fingerprint density at radius 3 is 1.94 bits per heavy atom. The van der Waals surface area contributed by atoms with E-state index < -0.39 is 65.0 Å². The summed E-state index contributed by atoms with van der Waals surface area (Å²) in [6.45, 7) is 2.29. The van der Waals surface area contributed by atoms with Crippen molar-refractivity contribution in [2.45, 2.75) is 56.9 Å². The first-order valence-corrected chi connectivity index (χ1v) is 10.7. The lowest BCUT2D eigenvalue weighted by Gasteiger charge is -2.33. The summed E-state index contributed by atoms with van der Waals surface area (Å²) < 4.78 is 0. The quantitative estimate of drug-likeness (QED) is 0.140. The van der Waals surface area contributed by atoms with E-state index in [0.29, 0.717) is 11.8 Å². The van der Waals surface area contributed by atoms with Crippen molar-refractivity contribution in [2.24, 2.45) is 11.1 Å². The van der Waals surface area contributed by atoms with Crippen LogP contribution in [0.1, 0.15) is 39.5 Å². The van der Waals surface area contributed by atoms with Crippen LogP contribution in [0, 0.1) is 5.41 Å². The van der Waals surface area contributed by atoms with Gasteiger partial charge in [0.15, 0.2) is 0 Å². The highest BCUT2D eigenvalue weighted by Crippen LogP contribution is 2.39. The average Bonchev–Trinajstić information content (AvgIpc) is 2.71. The summed E-state index contributed by atoms with van der Waals surface area (Å²) in [5.74, 6) is -7.46. The standard InChI is InChI=1S/C18H29N3O10S/c1-3-18(4-2,17(30)31)13(16(28)29)32-8-10(14(25)20-7-12(23)24)21-11(22)6-5-9(19)15(26)27/h9-10,13H,3-8,19H2,1-2H3,(H,20,25)(H,21,22)(H,23,24)(H,26,27)(H,28,29)(H,30,31). The molecule has 0 bridgehead atoms. The van der Waals surface area contributed by atoms with E-state index in [9.17, 15) is 39.0 Å². The predicted molar refractivity (Wildman–Crippen MR) is 112 cm³/mol. The summed E-state index contributed by atoms with van der Waals surface area (Å²) in [4.78, 5) is 69.6. The van der Waals surface area contributed by atoms with Gasteiger partial charge in [0.25, 0.3) is 0 Å². The molecule has 0 aliphatic heterocycles. The molecule has 3 atom stereocenters. The summed E-state index contributed by atoms with van der Waals surface area (Å²) in [6, 6.07) is -2.70. The Labute approximate surface area is 188 Å². The van der Waals surface area contributed by atoms with Gasteiger partial charge in [-0.15, -0.1) is 11.8 Å². The zero-order valence-electron chi connectivity index (χ0n) is 17.7.